The van der Waals surface area contributed by atoms with E-state index in [0.29, 0.717) is 13.0 Å². The highest BCUT2D eigenvalue weighted by Crippen LogP contribution is 2.07. The van der Waals surface area contributed by atoms with Crippen LogP contribution in [0.4, 0.5) is 0 Å². The molecule has 0 aliphatic rings. The van der Waals surface area contributed by atoms with E-state index in [1.807, 2.05) is 4.68 Å². The first-order valence-electron chi connectivity index (χ1n) is 5.69. The lowest BCUT2D eigenvalue weighted by Gasteiger charge is -2.04. The molecular formula is C11H20N2O2S. The number of hydrogen-bond acceptors (Lipinski definition) is 3. The van der Waals surface area contributed by atoms with E-state index in [1.54, 1.807) is 0 Å². The van der Waals surface area contributed by atoms with Gasteiger partial charge in [0.15, 0.2) is 0 Å². The third kappa shape index (κ3) is 3.96. The Labute approximate surface area is 97.6 Å². The quantitative estimate of drug-likeness (QED) is 0.761. The minimum atomic E-state index is -2.85. The first-order chi connectivity index (χ1) is 7.46. The van der Waals surface area contributed by atoms with Crippen molar-refractivity contribution in [1.29, 1.82) is 0 Å². The summed E-state index contributed by atoms with van der Waals surface area (Å²) >= 11 is 0. The second-order valence-electron chi connectivity index (χ2n) is 4.04. The zero-order valence-electron chi connectivity index (χ0n) is 10.2. The summed E-state index contributed by atoms with van der Waals surface area (Å²) in [5, 5.41) is 4.44. The first-order valence-corrected chi connectivity index (χ1v) is 7.75. The Kier molecular flexibility index (Phi) is 4.53. The minimum Gasteiger partial charge on any atom is -0.269 e. The van der Waals surface area contributed by atoms with Gasteiger partial charge in [-0.1, -0.05) is 13.8 Å². The van der Waals surface area contributed by atoms with Gasteiger partial charge in [-0.15, -0.1) is 0 Å². The van der Waals surface area contributed by atoms with E-state index in [9.17, 15) is 8.42 Å². The molecule has 0 aliphatic carbocycles. The Morgan fingerprint density at radius 3 is 2.50 bits per heavy atom. The summed E-state index contributed by atoms with van der Waals surface area (Å²) in [6.07, 6.45) is 3.77. The van der Waals surface area contributed by atoms with Gasteiger partial charge in [0.1, 0.15) is 9.84 Å². The molecule has 0 aliphatic heterocycles. The van der Waals surface area contributed by atoms with Crippen LogP contribution in [-0.2, 0) is 29.2 Å². The summed E-state index contributed by atoms with van der Waals surface area (Å²) in [6.45, 7) is 4.85. The summed E-state index contributed by atoms with van der Waals surface area (Å²) in [5.74, 6) is 0.234. The van der Waals surface area contributed by atoms with Crippen LogP contribution in [0.5, 0.6) is 0 Å². The van der Waals surface area contributed by atoms with Crippen LogP contribution in [0.25, 0.3) is 0 Å². The monoisotopic (exact) mass is 244 g/mol. The zero-order valence-corrected chi connectivity index (χ0v) is 11.0. The van der Waals surface area contributed by atoms with Crippen molar-refractivity contribution in [2.75, 3.05) is 12.0 Å². The third-order valence-electron chi connectivity index (χ3n) is 2.52. The molecule has 4 nitrogen and oxygen atoms in total. The molecule has 0 saturated heterocycles. The molecular weight excluding hydrogens is 224 g/mol. The van der Waals surface area contributed by atoms with E-state index in [4.69, 9.17) is 0 Å². The highest BCUT2D eigenvalue weighted by Gasteiger charge is 2.07. The molecule has 0 saturated carbocycles. The van der Waals surface area contributed by atoms with Crippen molar-refractivity contribution in [3.8, 4) is 0 Å². The topological polar surface area (TPSA) is 52.0 Å². The van der Waals surface area contributed by atoms with Crippen LogP contribution < -0.4 is 0 Å². The van der Waals surface area contributed by atoms with Gasteiger partial charge < -0.3 is 0 Å². The summed E-state index contributed by atoms with van der Waals surface area (Å²) in [6, 6.07) is 2.10. The molecule has 16 heavy (non-hydrogen) atoms. The first kappa shape index (κ1) is 13.2. The molecule has 0 bridgehead atoms. The van der Waals surface area contributed by atoms with Crippen LogP contribution >= 0.6 is 0 Å². The van der Waals surface area contributed by atoms with Crippen LogP contribution in [0.1, 0.15) is 31.7 Å². The van der Waals surface area contributed by atoms with Crippen LogP contribution in [0, 0.1) is 0 Å². The van der Waals surface area contributed by atoms with Crippen molar-refractivity contribution >= 4 is 9.84 Å². The molecule has 0 radical (unpaired) electrons. The van der Waals surface area contributed by atoms with E-state index in [0.717, 1.165) is 18.5 Å². The summed E-state index contributed by atoms with van der Waals surface area (Å²) in [7, 11) is -2.85. The number of aromatic nitrogens is 2. The van der Waals surface area contributed by atoms with Crippen molar-refractivity contribution < 1.29 is 8.42 Å². The SMILES string of the molecule is CCc1cc(CC)n(CCCS(C)(=O)=O)n1. The van der Waals surface area contributed by atoms with Gasteiger partial charge in [0.25, 0.3) is 0 Å². The van der Waals surface area contributed by atoms with Crippen molar-refractivity contribution in [3.05, 3.63) is 17.5 Å². The fourth-order valence-corrected chi connectivity index (χ4v) is 2.30. The average Bonchev–Trinajstić information content (AvgIpc) is 2.58. The zero-order chi connectivity index (χ0) is 12.2. The van der Waals surface area contributed by atoms with Crippen LogP contribution in [0.2, 0.25) is 0 Å². The number of hydrogen-bond donors (Lipinski definition) is 0. The number of sulfone groups is 1. The average molecular weight is 244 g/mol. The maximum Gasteiger partial charge on any atom is 0.147 e. The lowest BCUT2D eigenvalue weighted by molar-refractivity contribution is 0.559. The summed E-state index contributed by atoms with van der Waals surface area (Å²) < 4.78 is 23.9. The van der Waals surface area contributed by atoms with Gasteiger partial charge in [-0.2, -0.15) is 5.10 Å². The maximum atomic E-state index is 11.0. The van der Waals surface area contributed by atoms with E-state index in [2.05, 4.69) is 25.0 Å². The fourth-order valence-electron chi connectivity index (χ4n) is 1.64. The molecule has 0 fully saturated rings. The van der Waals surface area contributed by atoms with Gasteiger partial charge >= 0.3 is 0 Å². The van der Waals surface area contributed by atoms with Gasteiger partial charge in [-0.25, -0.2) is 8.42 Å². The van der Waals surface area contributed by atoms with Gasteiger partial charge in [0.2, 0.25) is 0 Å². The van der Waals surface area contributed by atoms with Gasteiger partial charge in [0, 0.05) is 18.5 Å². The predicted octanol–water partition coefficient (Wildman–Crippen LogP) is 1.44. The minimum absolute atomic E-state index is 0.234. The van der Waals surface area contributed by atoms with E-state index in [-0.39, 0.29) is 5.75 Å². The predicted molar refractivity (Wildman–Crippen MR) is 65.3 cm³/mol. The molecule has 5 heteroatoms. The van der Waals surface area contributed by atoms with E-state index in [1.165, 1.54) is 11.9 Å². The smallest absolute Gasteiger partial charge is 0.147 e. The van der Waals surface area contributed by atoms with Crippen molar-refractivity contribution in [1.82, 2.24) is 9.78 Å². The number of nitrogens with zero attached hydrogens (tertiary/aromatic N) is 2. The molecule has 0 unspecified atom stereocenters. The van der Waals surface area contributed by atoms with Crippen molar-refractivity contribution in [3.63, 3.8) is 0 Å². The molecule has 0 N–H and O–H groups in total. The van der Waals surface area contributed by atoms with E-state index >= 15 is 0 Å². The molecule has 0 aromatic carbocycles. The highest BCUT2D eigenvalue weighted by atomic mass is 32.2. The largest absolute Gasteiger partial charge is 0.269 e. The Hall–Kier alpha value is -0.840. The van der Waals surface area contributed by atoms with E-state index < -0.39 is 9.84 Å². The molecule has 0 spiro atoms. The number of aryl methyl sites for hydroxylation is 3. The Balaban J connectivity index is 2.62. The third-order valence-corrected chi connectivity index (χ3v) is 3.55. The second kappa shape index (κ2) is 5.48. The van der Waals surface area contributed by atoms with Crippen LogP contribution in [0.15, 0.2) is 6.07 Å². The highest BCUT2D eigenvalue weighted by molar-refractivity contribution is 7.90. The molecule has 92 valence electrons. The molecule has 1 aromatic rings. The second-order valence-corrected chi connectivity index (χ2v) is 6.30. The summed E-state index contributed by atoms with van der Waals surface area (Å²) in [5.41, 5.74) is 2.27. The van der Waals surface area contributed by atoms with Crippen molar-refractivity contribution in [2.24, 2.45) is 0 Å². The lowest BCUT2D eigenvalue weighted by atomic mass is 10.2. The van der Waals surface area contributed by atoms with Gasteiger partial charge in [0.05, 0.1) is 11.4 Å². The number of rotatable bonds is 6. The van der Waals surface area contributed by atoms with Crippen molar-refractivity contribution in [2.45, 2.75) is 39.7 Å². The standard InChI is InChI=1S/C11H20N2O2S/c1-4-10-9-11(5-2)13(12-10)7-6-8-16(3,14)15/h9H,4-8H2,1-3H3. The molecule has 0 amide bonds. The molecule has 1 aromatic heterocycles. The Morgan fingerprint density at radius 2 is 2.00 bits per heavy atom. The van der Waals surface area contributed by atoms with Crippen LogP contribution in [-0.4, -0.2) is 30.2 Å². The van der Waals surface area contributed by atoms with Gasteiger partial charge in [-0.3, -0.25) is 4.68 Å². The Morgan fingerprint density at radius 1 is 1.31 bits per heavy atom. The normalized spacial score (nSPS) is 11.9. The summed E-state index contributed by atoms with van der Waals surface area (Å²) in [4.78, 5) is 0. The molecule has 1 heterocycles. The fraction of sp³-hybridized carbons (Fsp3) is 0.727. The van der Waals surface area contributed by atoms with Crippen LogP contribution in [0.3, 0.4) is 0 Å². The van der Waals surface area contributed by atoms with Gasteiger partial charge in [-0.05, 0) is 25.3 Å². The molecule has 1 rings (SSSR count). The Bertz CT molecular complexity index is 435. The lowest BCUT2D eigenvalue weighted by Crippen LogP contribution is -2.10. The maximum absolute atomic E-state index is 11.0. The molecule has 0 atom stereocenters.